The van der Waals surface area contributed by atoms with Crippen molar-refractivity contribution >= 4 is 27.2 Å². The van der Waals surface area contributed by atoms with Crippen LogP contribution in [0.3, 0.4) is 0 Å². The summed E-state index contributed by atoms with van der Waals surface area (Å²) in [4.78, 5) is 11.5. The molecule has 2 fully saturated rings. The smallest absolute Gasteiger partial charge is 0.158 e. The standard InChI is InChI=1S/C26H31N5S/c1-14(2)20-21-15(3)23(16-9-26(10-16)7-8-27-12-26)32-25(21)30-22(20)19-11-31-24(28-13-29-31)18-6-4-5-17(18)19/h11,13-14,16,27,30H,4-10,12H2,1-3H3. The Morgan fingerprint density at radius 2 is 2.06 bits per heavy atom. The molecule has 1 spiro atoms. The van der Waals surface area contributed by atoms with Crippen molar-refractivity contribution < 1.29 is 0 Å². The van der Waals surface area contributed by atoms with Gasteiger partial charge >= 0.3 is 0 Å². The third-order valence-corrected chi connectivity index (χ3v) is 9.88. The first-order valence-electron chi connectivity index (χ1n) is 12.2. The molecule has 0 unspecified atom stereocenters. The number of pyridine rings is 1. The molecule has 1 saturated carbocycles. The summed E-state index contributed by atoms with van der Waals surface area (Å²) in [7, 11) is 0. The van der Waals surface area contributed by atoms with Crippen LogP contribution in [0.2, 0.25) is 0 Å². The highest BCUT2D eigenvalue weighted by molar-refractivity contribution is 7.19. The Balaban J connectivity index is 1.37. The molecule has 1 saturated heterocycles. The molecule has 0 bridgehead atoms. The third kappa shape index (κ3) is 2.54. The van der Waals surface area contributed by atoms with E-state index in [0.29, 0.717) is 11.3 Å². The molecule has 0 atom stereocenters. The highest BCUT2D eigenvalue weighted by atomic mass is 32.1. The van der Waals surface area contributed by atoms with Gasteiger partial charge in [0.15, 0.2) is 5.65 Å². The summed E-state index contributed by atoms with van der Waals surface area (Å²) in [6.45, 7) is 9.50. The van der Waals surface area contributed by atoms with Crippen molar-refractivity contribution in [1.82, 2.24) is 24.9 Å². The monoisotopic (exact) mass is 445 g/mol. The molecule has 0 amide bonds. The molecule has 0 radical (unpaired) electrons. The van der Waals surface area contributed by atoms with Gasteiger partial charge in [0.25, 0.3) is 0 Å². The van der Waals surface area contributed by atoms with Crippen molar-refractivity contribution in [1.29, 1.82) is 0 Å². The lowest BCUT2D eigenvalue weighted by molar-refractivity contribution is 0.129. The van der Waals surface area contributed by atoms with E-state index in [0.717, 1.165) is 24.4 Å². The first-order valence-corrected chi connectivity index (χ1v) is 13.1. The summed E-state index contributed by atoms with van der Waals surface area (Å²) in [5.74, 6) is 1.22. The second-order valence-electron chi connectivity index (χ2n) is 10.8. The summed E-state index contributed by atoms with van der Waals surface area (Å²) >= 11 is 2.02. The van der Waals surface area contributed by atoms with Gasteiger partial charge in [-0.25, -0.2) is 9.50 Å². The fourth-order valence-corrected chi connectivity index (χ4v) is 8.33. The Morgan fingerprint density at radius 3 is 2.84 bits per heavy atom. The molecule has 7 rings (SSSR count). The van der Waals surface area contributed by atoms with E-state index in [1.807, 2.05) is 15.9 Å². The number of nitrogens with one attached hydrogen (secondary N) is 2. The van der Waals surface area contributed by atoms with Crippen molar-refractivity contribution in [2.24, 2.45) is 5.41 Å². The molecular weight excluding hydrogens is 414 g/mol. The van der Waals surface area contributed by atoms with Gasteiger partial charge < -0.3 is 10.3 Å². The van der Waals surface area contributed by atoms with Crippen molar-refractivity contribution in [2.75, 3.05) is 13.1 Å². The zero-order valence-electron chi connectivity index (χ0n) is 19.2. The second-order valence-corrected chi connectivity index (χ2v) is 11.8. The number of H-pyrrole nitrogens is 1. The maximum atomic E-state index is 4.55. The largest absolute Gasteiger partial charge is 0.346 e. The topological polar surface area (TPSA) is 58.0 Å². The van der Waals surface area contributed by atoms with Gasteiger partial charge in [0.2, 0.25) is 0 Å². The summed E-state index contributed by atoms with van der Waals surface area (Å²) in [6.07, 6.45) is 11.5. The lowest BCUT2D eigenvalue weighted by atomic mass is 9.61. The molecule has 1 aliphatic heterocycles. The summed E-state index contributed by atoms with van der Waals surface area (Å²) in [5, 5.41) is 9.58. The van der Waals surface area contributed by atoms with Crippen LogP contribution in [0.5, 0.6) is 0 Å². The van der Waals surface area contributed by atoms with Gasteiger partial charge in [-0.2, -0.15) is 5.10 Å². The number of aryl methyl sites for hydroxylation is 2. The molecule has 6 heteroatoms. The fraction of sp³-hybridized carbons (Fsp3) is 0.538. The van der Waals surface area contributed by atoms with Gasteiger partial charge in [0, 0.05) is 34.1 Å². The van der Waals surface area contributed by atoms with E-state index in [-0.39, 0.29) is 0 Å². The Hall–Kier alpha value is -2.18. The zero-order valence-corrected chi connectivity index (χ0v) is 20.0. The van der Waals surface area contributed by atoms with Crippen LogP contribution < -0.4 is 5.32 Å². The van der Waals surface area contributed by atoms with Crippen LogP contribution in [-0.4, -0.2) is 32.7 Å². The highest BCUT2D eigenvalue weighted by Crippen LogP contribution is 2.57. The lowest BCUT2D eigenvalue weighted by Crippen LogP contribution is -2.37. The van der Waals surface area contributed by atoms with Crippen LogP contribution in [0.15, 0.2) is 12.5 Å². The summed E-state index contributed by atoms with van der Waals surface area (Å²) in [5.41, 5.74) is 10.2. The van der Waals surface area contributed by atoms with Crippen molar-refractivity contribution in [2.45, 2.75) is 71.1 Å². The minimum atomic E-state index is 0.468. The minimum Gasteiger partial charge on any atom is -0.346 e. The second kappa shape index (κ2) is 6.67. The van der Waals surface area contributed by atoms with E-state index >= 15 is 0 Å². The van der Waals surface area contributed by atoms with Gasteiger partial charge in [-0.15, -0.1) is 11.3 Å². The van der Waals surface area contributed by atoms with Crippen molar-refractivity contribution in [3.05, 3.63) is 39.7 Å². The number of fused-ring (bicyclic) bond motifs is 4. The molecular formula is C26H31N5S. The van der Waals surface area contributed by atoms with Gasteiger partial charge in [0.1, 0.15) is 11.2 Å². The molecule has 5 heterocycles. The quantitative estimate of drug-likeness (QED) is 0.424. The first-order chi connectivity index (χ1) is 15.5. The minimum absolute atomic E-state index is 0.468. The molecule has 5 nitrogen and oxygen atoms in total. The molecule has 2 N–H and O–H groups in total. The van der Waals surface area contributed by atoms with Gasteiger partial charge in [-0.05, 0) is 85.9 Å². The van der Waals surface area contributed by atoms with Crippen LogP contribution in [-0.2, 0) is 12.8 Å². The van der Waals surface area contributed by atoms with Crippen LogP contribution in [0, 0.1) is 12.3 Å². The molecule has 0 aromatic carbocycles. The zero-order chi connectivity index (χ0) is 21.6. The van der Waals surface area contributed by atoms with Crippen LogP contribution in [0.1, 0.15) is 78.5 Å². The molecule has 4 aromatic heterocycles. The van der Waals surface area contributed by atoms with Gasteiger partial charge in [-0.1, -0.05) is 13.8 Å². The number of nitrogens with zero attached hydrogens (tertiary/aromatic N) is 3. The normalized spacial score (nSPS) is 24.9. The fourth-order valence-electron chi connectivity index (χ4n) is 7.01. The molecule has 4 aromatic rings. The first kappa shape index (κ1) is 19.3. The number of aromatic amines is 1. The Bertz CT molecular complexity index is 1360. The maximum absolute atomic E-state index is 4.55. The molecule has 2 aliphatic carbocycles. The van der Waals surface area contributed by atoms with Gasteiger partial charge in [0.05, 0.1) is 5.69 Å². The van der Waals surface area contributed by atoms with Crippen LogP contribution in [0.4, 0.5) is 0 Å². The average Bonchev–Trinajstić information content (AvgIpc) is 3.53. The van der Waals surface area contributed by atoms with E-state index in [1.54, 1.807) is 11.2 Å². The van der Waals surface area contributed by atoms with Gasteiger partial charge in [-0.3, -0.25) is 0 Å². The van der Waals surface area contributed by atoms with Crippen molar-refractivity contribution in [3.8, 4) is 11.3 Å². The number of aromatic nitrogens is 4. The Labute approximate surface area is 192 Å². The van der Waals surface area contributed by atoms with E-state index in [2.05, 4.69) is 47.4 Å². The van der Waals surface area contributed by atoms with E-state index in [4.69, 9.17) is 0 Å². The SMILES string of the molecule is Cc1c(C2CC3(CCNC3)C2)sc2[nH]c(-c3cn4ncnc4c4c3CCC4)c(C(C)C)c12. The number of thiophene rings is 1. The molecule has 3 aliphatic rings. The highest BCUT2D eigenvalue weighted by Gasteiger charge is 2.47. The third-order valence-electron chi connectivity index (χ3n) is 8.51. The van der Waals surface area contributed by atoms with E-state index < -0.39 is 0 Å². The predicted molar refractivity (Wildman–Crippen MR) is 131 cm³/mol. The Morgan fingerprint density at radius 1 is 1.22 bits per heavy atom. The summed E-state index contributed by atoms with van der Waals surface area (Å²) in [6, 6.07) is 0. The Kier molecular flexibility index (Phi) is 4.02. The number of hydrogen-bond donors (Lipinski definition) is 2. The molecule has 166 valence electrons. The van der Waals surface area contributed by atoms with Crippen LogP contribution >= 0.6 is 11.3 Å². The maximum Gasteiger partial charge on any atom is 0.158 e. The number of hydrogen-bond acceptors (Lipinski definition) is 4. The summed E-state index contributed by atoms with van der Waals surface area (Å²) < 4.78 is 1.99. The lowest BCUT2D eigenvalue weighted by Gasteiger charge is -2.45. The number of rotatable bonds is 3. The van der Waals surface area contributed by atoms with Crippen molar-refractivity contribution in [3.63, 3.8) is 0 Å². The predicted octanol–water partition coefficient (Wildman–Crippen LogP) is 5.72. The average molecular weight is 446 g/mol. The van der Waals surface area contributed by atoms with E-state index in [9.17, 15) is 0 Å². The van der Waals surface area contributed by atoms with E-state index in [1.165, 1.54) is 82.5 Å². The van der Waals surface area contributed by atoms with Crippen LogP contribution in [0.25, 0.3) is 27.1 Å². The molecule has 32 heavy (non-hydrogen) atoms.